The molecule has 0 saturated heterocycles. The second-order valence-corrected chi connectivity index (χ2v) is 7.90. The SMILES string of the molecule is COc1ccc(S(=O)(=O)n2cc(C=O)c3cc([N+](=O)[O-])ccc32)c(Br)c1. The fourth-order valence-electron chi connectivity index (χ4n) is 2.54. The summed E-state index contributed by atoms with van der Waals surface area (Å²) in [5, 5.41) is 11.1. The molecule has 0 atom stereocenters. The van der Waals surface area contributed by atoms with Crippen LogP contribution in [0.1, 0.15) is 10.4 Å². The Morgan fingerprint density at radius 2 is 1.96 bits per heavy atom. The molecule has 0 fully saturated rings. The summed E-state index contributed by atoms with van der Waals surface area (Å²) in [6.45, 7) is 0. The number of rotatable bonds is 5. The fraction of sp³-hybridized carbons (Fsp3) is 0.0625. The largest absolute Gasteiger partial charge is 0.497 e. The van der Waals surface area contributed by atoms with Gasteiger partial charge in [-0.3, -0.25) is 14.9 Å². The van der Waals surface area contributed by atoms with Crippen molar-refractivity contribution < 1.29 is 22.9 Å². The molecule has 0 spiro atoms. The Hall–Kier alpha value is -2.72. The van der Waals surface area contributed by atoms with Crippen molar-refractivity contribution in [1.29, 1.82) is 0 Å². The van der Waals surface area contributed by atoms with Gasteiger partial charge in [0.25, 0.3) is 15.7 Å². The Morgan fingerprint density at radius 1 is 1.23 bits per heavy atom. The quantitative estimate of drug-likeness (QED) is 0.343. The zero-order chi connectivity index (χ0) is 19.1. The van der Waals surface area contributed by atoms with Gasteiger partial charge in [0.1, 0.15) is 10.6 Å². The average Bonchev–Trinajstić information content (AvgIpc) is 2.99. The molecule has 1 heterocycles. The normalized spacial score (nSPS) is 11.5. The van der Waals surface area contributed by atoms with Crippen molar-refractivity contribution >= 4 is 48.8 Å². The van der Waals surface area contributed by atoms with Gasteiger partial charge in [0.2, 0.25) is 0 Å². The van der Waals surface area contributed by atoms with Crippen LogP contribution >= 0.6 is 15.9 Å². The minimum atomic E-state index is -4.06. The standard InChI is InChI=1S/C16H11BrN2O6S/c1-25-12-3-5-16(14(17)7-12)26(23,24)18-8-10(9-20)13-6-11(19(21)22)2-4-15(13)18/h2-9H,1H3. The van der Waals surface area contributed by atoms with Gasteiger partial charge in [-0.2, -0.15) is 0 Å². The highest BCUT2D eigenvalue weighted by atomic mass is 79.9. The van der Waals surface area contributed by atoms with Crippen LogP contribution in [-0.4, -0.2) is 30.7 Å². The highest BCUT2D eigenvalue weighted by Gasteiger charge is 2.25. The molecule has 0 aliphatic carbocycles. The molecular weight excluding hydrogens is 428 g/mol. The number of nitro benzene ring substituents is 1. The zero-order valence-corrected chi connectivity index (χ0v) is 15.7. The van der Waals surface area contributed by atoms with Crippen LogP contribution in [0.5, 0.6) is 5.75 Å². The molecular formula is C16H11BrN2O6S. The lowest BCUT2D eigenvalue weighted by atomic mass is 10.2. The first-order chi connectivity index (χ1) is 12.3. The van der Waals surface area contributed by atoms with Crippen LogP contribution in [0.15, 0.2) is 52.0 Å². The molecule has 3 rings (SSSR count). The molecule has 0 radical (unpaired) electrons. The van der Waals surface area contributed by atoms with Crippen molar-refractivity contribution in [2.45, 2.75) is 4.90 Å². The van der Waals surface area contributed by atoms with Crippen molar-refractivity contribution in [1.82, 2.24) is 3.97 Å². The van der Waals surface area contributed by atoms with Crippen LogP contribution in [0.4, 0.5) is 5.69 Å². The van der Waals surface area contributed by atoms with Crippen LogP contribution in [0, 0.1) is 10.1 Å². The second-order valence-electron chi connectivity index (χ2n) is 5.26. The molecule has 0 aliphatic heterocycles. The Morgan fingerprint density at radius 3 is 2.54 bits per heavy atom. The monoisotopic (exact) mass is 438 g/mol. The van der Waals surface area contributed by atoms with Gasteiger partial charge < -0.3 is 4.74 Å². The minimum absolute atomic E-state index is 0.0361. The molecule has 0 unspecified atom stereocenters. The van der Waals surface area contributed by atoms with Crippen LogP contribution in [-0.2, 0) is 10.0 Å². The third-order valence-corrected chi connectivity index (χ3v) is 6.45. The van der Waals surface area contributed by atoms with E-state index in [1.165, 1.54) is 43.5 Å². The summed E-state index contributed by atoms with van der Waals surface area (Å²) in [5.41, 5.74) is -0.0290. The number of nitrogens with zero attached hydrogens (tertiary/aromatic N) is 2. The second kappa shape index (κ2) is 6.54. The molecule has 0 saturated carbocycles. The van der Waals surface area contributed by atoms with Crippen LogP contribution < -0.4 is 4.74 Å². The van der Waals surface area contributed by atoms with Gasteiger partial charge >= 0.3 is 0 Å². The van der Waals surface area contributed by atoms with Crippen molar-refractivity contribution in [3.63, 3.8) is 0 Å². The van der Waals surface area contributed by atoms with Gasteiger partial charge in [0, 0.05) is 33.8 Å². The third kappa shape index (κ3) is 2.86. The number of carbonyl (C=O) groups excluding carboxylic acids is 1. The van der Waals surface area contributed by atoms with Crippen LogP contribution in [0.2, 0.25) is 0 Å². The van der Waals surface area contributed by atoms with Crippen molar-refractivity contribution in [3.8, 4) is 5.75 Å². The minimum Gasteiger partial charge on any atom is -0.497 e. The maximum atomic E-state index is 13.1. The molecule has 0 bridgehead atoms. The summed E-state index contributed by atoms with van der Waals surface area (Å²) in [7, 11) is -2.60. The number of non-ortho nitro benzene ring substituents is 1. The van der Waals surface area contributed by atoms with E-state index in [4.69, 9.17) is 4.74 Å². The van der Waals surface area contributed by atoms with E-state index in [1.54, 1.807) is 0 Å². The first-order valence-corrected chi connectivity index (χ1v) is 9.36. The Bertz CT molecular complexity index is 1150. The van der Waals surface area contributed by atoms with Gasteiger partial charge in [-0.05, 0) is 40.2 Å². The van der Waals surface area contributed by atoms with Gasteiger partial charge in [-0.25, -0.2) is 12.4 Å². The van der Waals surface area contributed by atoms with E-state index in [9.17, 15) is 23.3 Å². The van der Waals surface area contributed by atoms with E-state index in [-0.39, 0.29) is 31.5 Å². The van der Waals surface area contributed by atoms with E-state index >= 15 is 0 Å². The predicted molar refractivity (Wildman–Crippen MR) is 97.3 cm³/mol. The molecule has 10 heteroatoms. The number of aromatic nitrogens is 1. The van der Waals surface area contributed by atoms with Crippen molar-refractivity contribution in [2.24, 2.45) is 0 Å². The number of methoxy groups -OCH3 is 1. The summed E-state index contributed by atoms with van der Waals surface area (Å²) in [5.74, 6) is 0.470. The third-order valence-electron chi connectivity index (χ3n) is 3.80. The lowest BCUT2D eigenvalue weighted by Gasteiger charge is -2.10. The van der Waals surface area contributed by atoms with Gasteiger partial charge in [0.05, 0.1) is 17.5 Å². The number of benzene rings is 2. The summed E-state index contributed by atoms with van der Waals surface area (Å²) >= 11 is 3.21. The van der Waals surface area contributed by atoms with Gasteiger partial charge in [-0.1, -0.05) is 0 Å². The molecule has 0 N–H and O–H groups in total. The first kappa shape index (κ1) is 18.1. The topological polar surface area (TPSA) is 109 Å². The van der Waals surface area contributed by atoms with E-state index in [0.717, 1.165) is 10.2 Å². The van der Waals surface area contributed by atoms with E-state index in [0.29, 0.717) is 12.0 Å². The van der Waals surface area contributed by atoms with Gasteiger partial charge in [-0.15, -0.1) is 0 Å². The Balaban J connectivity index is 2.27. The smallest absolute Gasteiger partial charge is 0.270 e. The van der Waals surface area contributed by atoms with E-state index in [1.807, 2.05) is 0 Å². The molecule has 0 aliphatic rings. The molecule has 0 amide bonds. The maximum Gasteiger partial charge on any atom is 0.270 e. The number of nitro groups is 1. The average molecular weight is 439 g/mol. The zero-order valence-electron chi connectivity index (χ0n) is 13.2. The number of ether oxygens (including phenoxy) is 1. The van der Waals surface area contributed by atoms with Crippen molar-refractivity contribution in [2.75, 3.05) is 7.11 Å². The fourth-order valence-corrected chi connectivity index (χ4v) is 4.94. The number of hydrogen-bond donors (Lipinski definition) is 0. The highest BCUT2D eigenvalue weighted by molar-refractivity contribution is 9.10. The summed E-state index contributed by atoms with van der Waals surface area (Å²) in [4.78, 5) is 21.6. The number of carbonyl (C=O) groups is 1. The van der Waals surface area contributed by atoms with E-state index in [2.05, 4.69) is 15.9 Å². The number of hydrogen-bond acceptors (Lipinski definition) is 6. The highest BCUT2D eigenvalue weighted by Crippen LogP contribution is 2.32. The van der Waals surface area contributed by atoms with E-state index < -0.39 is 14.9 Å². The van der Waals surface area contributed by atoms with Crippen LogP contribution in [0.25, 0.3) is 10.9 Å². The molecule has 26 heavy (non-hydrogen) atoms. The summed E-state index contributed by atoms with van der Waals surface area (Å²) in [6.07, 6.45) is 1.61. The number of aldehydes is 1. The number of fused-ring (bicyclic) bond motifs is 1. The molecule has 8 nitrogen and oxygen atoms in total. The number of halogens is 1. The predicted octanol–water partition coefficient (Wildman–Crippen LogP) is 3.37. The molecule has 3 aromatic rings. The van der Waals surface area contributed by atoms with Crippen molar-refractivity contribution in [3.05, 3.63) is 62.7 Å². The molecule has 1 aromatic heterocycles. The first-order valence-electron chi connectivity index (χ1n) is 7.13. The van der Waals surface area contributed by atoms with Crippen LogP contribution in [0.3, 0.4) is 0 Å². The van der Waals surface area contributed by atoms with Gasteiger partial charge in [0.15, 0.2) is 6.29 Å². The maximum absolute atomic E-state index is 13.1. The Kier molecular flexibility index (Phi) is 4.55. The Labute approximate surface area is 156 Å². The summed E-state index contributed by atoms with van der Waals surface area (Å²) in [6, 6.07) is 8.03. The lowest BCUT2D eigenvalue weighted by molar-refractivity contribution is -0.384. The molecule has 134 valence electrons. The molecule has 2 aromatic carbocycles. The summed E-state index contributed by atoms with van der Waals surface area (Å²) < 4.78 is 32.4. The lowest BCUT2D eigenvalue weighted by Crippen LogP contribution is -2.12.